The largest absolute Gasteiger partial charge is 0.495 e. The zero-order valence-electron chi connectivity index (χ0n) is 10.1. The van der Waals surface area contributed by atoms with Gasteiger partial charge in [0.05, 0.1) is 30.3 Å². The van der Waals surface area contributed by atoms with Gasteiger partial charge < -0.3 is 9.30 Å². The van der Waals surface area contributed by atoms with Gasteiger partial charge >= 0.3 is 0 Å². The molecule has 2 aromatic rings. The number of aryl methyl sites for hydroxylation is 1. The van der Waals surface area contributed by atoms with Crippen molar-refractivity contribution in [2.45, 2.75) is 6.42 Å². The fraction of sp³-hybridized carbons (Fsp3) is 0.231. The van der Waals surface area contributed by atoms with E-state index >= 15 is 0 Å². The first-order valence-electron chi connectivity index (χ1n) is 5.39. The quantitative estimate of drug-likeness (QED) is 0.854. The van der Waals surface area contributed by atoms with Crippen molar-refractivity contribution in [3.63, 3.8) is 0 Å². The van der Waals surface area contributed by atoms with E-state index in [1.54, 1.807) is 19.2 Å². The van der Waals surface area contributed by atoms with Crippen molar-refractivity contribution in [3.05, 3.63) is 35.1 Å². The van der Waals surface area contributed by atoms with Gasteiger partial charge in [0, 0.05) is 18.8 Å². The molecule has 0 aliphatic heterocycles. The van der Waals surface area contributed by atoms with Gasteiger partial charge in [-0.1, -0.05) is 11.6 Å². The molecule has 1 aromatic heterocycles. The van der Waals surface area contributed by atoms with E-state index in [0.717, 1.165) is 17.1 Å². The minimum absolute atomic E-state index is 0.303. The predicted molar refractivity (Wildman–Crippen MR) is 69.5 cm³/mol. The molecule has 0 saturated heterocycles. The topological polar surface area (TPSA) is 50.8 Å². The lowest BCUT2D eigenvalue weighted by molar-refractivity contribution is 0.415. The van der Waals surface area contributed by atoms with Gasteiger partial charge in [-0.15, -0.1) is 0 Å². The second kappa shape index (κ2) is 5.11. The van der Waals surface area contributed by atoms with Gasteiger partial charge in [0.25, 0.3) is 0 Å². The number of ether oxygens (including phenoxy) is 1. The van der Waals surface area contributed by atoms with Crippen molar-refractivity contribution in [2.24, 2.45) is 7.05 Å². The average Bonchev–Trinajstić information content (AvgIpc) is 2.71. The molecule has 0 spiro atoms. The molecule has 0 radical (unpaired) electrons. The Morgan fingerprint density at radius 3 is 2.89 bits per heavy atom. The molecular formula is C13H12ClN3O. The number of hydrogen-bond donors (Lipinski definition) is 0. The van der Waals surface area contributed by atoms with E-state index in [1.807, 2.05) is 23.9 Å². The van der Waals surface area contributed by atoms with E-state index in [1.165, 1.54) is 0 Å². The van der Waals surface area contributed by atoms with E-state index in [2.05, 4.69) is 11.1 Å². The molecule has 0 saturated carbocycles. The summed E-state index contributed by atoms with van der Waals surface area (Å²) < 4.78 is 6.99. The first kappa shape index (κ1) is 12.5. The highest BCUT2D eigenvalue weighted by atomic mass is 35.5. The standard InChI is InChI=1S/C13H12ClN3O/c1-17-8-10(5-6-15)16-13(17)9-3-4-12(18-2)11(14)7-9/h3-4,7-8H,5H2,1-2H3. The molecule has 4 nitrogen and oxygen atoms in total. The maximum Gasteiger partial charge on any atom is 0.140 e. The minimum atomic E-state index is 0.303. The molecule has 1 heterocycles. The summed E-state index contributed by atoms with van der Waals surface area (Å²) in [6.45, 7) is 0. The van der Waals surface area contributed by atoms with Crippen LogP contribution in [0.15, 0.2) is 24.4 Å². The zero-order chi connectivity index (χ0) is 13.1. The van der Waals surface area contributed by atoms with Crippen LogP contribution in [0.5, 0.6) is 5.75 Å². The van der Waals surface area contributed by atoms with Gasteiger partial charge in [0.1, 0.15) is 11.6 Å². The summed E-state index contributed by atoms with van der Waals surface area (Å²) in [5.74, 6) is 1.41. The number of methoxy groups -OCH3 is 1. The van der Waals surface area contributed by atoms with E-state index in [4.69, 9.17) is 21.6 Å². The number of hydrogen-bond acceptors (Lipinski definition) is 3. The van der Waals surface area contributed by atoms with E-state index in [9.17, 15) is 0 Å². The first-order valence-corrected chi connectivity index (χ1v) is 5.76. The third-order valence-corrected chi connectivity index (χ3v) is 2.89. The van der Waals surface area contributed by atoms with Crippen molar-refractivity contribution in [2.75, 3.05) is 7.11 Å². The van der Waals surface area contributed by atoms with Crippen LogP contribution in [0.4, 0.5) is 0 Å². The number of nitrogens with zero attached hydrogens (tertiary/aromatic N) is 3. The Morgan fingerprint density at radius 2 is 2.28 bits per heavy atom. The second-order valence-corrected chi connectivity index (χ2v) is 4.26. The molecule has 0 aliphatic carbocycles. The maximum atomic E-state index is 8.67. The average molecular weight is 262 g/mol. The van der Waals surface area contributed by atoms with Crippen molar-refractivity contribution in [1.29, 1.82) is 5.26 Å². The third-order valence-electron chi connectivity index (χ3n) is 2.60. The van der Waals surface area contributed by atoms with Crippen LogP contribution >= 0.6 is 11.6 Å². The van der Waals surface area contributed by atoms with Gasteiger partial charge in [-0.25, -0.2) is 4.98 Å². The van der Waals surface area contributed by atoms with Crippen molar-refractivity contribution in [3.8, 4) is 23.2 Å². The molecule has 5 heteroatoms. The molecule has 0 amide bonds. The Hall–Kier alpha value is -1.99. The molecule has 0 unspecified atom stereocenters. The molecule has 2 rings (SSSR count). The Bertz CT molecular complexity index is 613. The van der Waals surface area contributed by atoms with Crippen LogP contribution in [0.1, 0.15) is 5.69 Å². The van der Waals surface area contributed by atoms with Crippen LogP contribution < -0.4 is 4.74 Å². The Kier molecular flexibility index (Phi) is 3.54. The van der Waals surface area contributed by atoms with E-state index < -0.39 is 0 Å². The van der Waals surface area contributed by atoms with Crippen molar-refractivity contribution in [1.82, 2.24) is 9.55 Å². The summed E-state index contributed by atoms with van der Waals surface area (Å²) >= 11 is 6.09. The lowest BCUT2D eigenvalue weighted by Crippen LogP contribution is -1.92. The molecule has 0 bridgehead atoms. The summed E-state index contributed by atoms with van der Waals surface area (Å²) in [7, 11) is 3.47. The highest BCUT2D eigenvalue weighted by Gasteiger charge is 2.10. The summed E-state index contributed by atoms with van der Waals surface area (Å²) in [6.07, 6.45) is 2.15. The number of benzene rings is 1. The summed E-state index contributed by atoms with van der Waals surface area (Å²) in [4.78, 5) is 4.41. The zero-order valence-corrected chi connectivity index (χ0v) is 10.9. The van der Waals surface area contributed by atoms with Gasteiger partial charge in [0.15, 0.2) is 0 Å². The monoisotopic (exact) mass is 261 g/mol. The number of imidazole rings is 1. The first-order chi connectivity index (χ1) is 8.65. The number of halogens is 1. The van der Waals surface area contributed by atoms with Gasteiger partial charge in [-0.3, -0.25) is 0 Å². The Morgan fingerprint density at radius 1 is 1.50 bits per heavy atom. The fourth-order valence-electron chi connectivity index (χ4n) is 1.77. The second-order valence-electron chi connectivity index (χ2n) is 3.85. The van der Waals surface area contributed by atoms with Crippen LogP contribution in [-0.4, -0.2) is 16.7 Å². The summed E-state index contributed by atoms with van der Waals surface area (Å²) in [5, 5.41) is 9.21. The number of aromatic nitrogens is 2. The highest BCUT2D eigenvalue weighted by Crippen LogP contribution is 2.29. The Balaban J connectivity index is 2.42. The van der Waals surface area contributed by atoms with Crippen LogP contribution in [0.3, 0.4) is 0 Å². The SMILES string of the molecule is COc1ccc(-c2nc(CC#N)cn2C)cc1Cl. The van der Waals surface area contributed by atoms with E-state index in [-0.39, 0.29) is 0 Å². The normalized spacial score (nSPS) is 10.1. The number of rotatable bonds is 3. The Labute approximate surface area is 110 Å². The summed E-state index contributed by atoms with van der Waals surface area (Å²) in [5.41, 5.74) is 1.65. The number of nitriles is 1. The predicted octanol–water partition coefficient (Wildman–Crippen LogP) is 2.82. The lowest BCUT2D eigenvalue weighted by atomic mass is 10.2. The maximum absolute atomic E-state index is 8.67. The van der Waals surface area contributed by atoms with Gasteiger partial charge in [0.2, 0.25) is 0 Å². The third kappa shape index (κ3) is 2.31. The molecule has 0 N–H and O–H groups in total. The van der Waals surface area contributed by atoms with Gasteiger partial charge in [-0.2, -0.15) is 5.26 Å². The lowest BCUT2D eigenvalue weighted by Gasteiger charge is -2.05. The van der Waals surface area contributed by atoms with Crippen molar-refractivity contribution < 1.29 is 4.74 Å². The molecule has 0 aliphatic rings. The molecule has 18 heavy (non-hydrogen) atoms. The molecule has 0 fully saturated rings. The van der Waals surface area contributed by atoms with Crippen LogP contribution in [0, 0.1) is 11.3 Å². The van der Waals surface area contributed by atoms with Gasteiger partial charge in [-0.05, 0) is 18.2 Å². The summed E-state index contributed by atoms with van der Waals surface area (Å²) in [6, 6.07) is 7.58. The van der Waals surface area contributed by atoms with E-state index in [0.29, 0.717) is 17.2 Å². The molecular weight excluding hydrogens is 250 g/mol. The van der Waals surface area contributed by atoms with Crippen LogP contribution in [0.25, 0.3) is 11.4 Å². The highest BCUT2D eigenvalue weighted by molar-refractivity contribution is 6.32. The van der Waals surface area contributed by atoms with Crippen LogP contribution in [0.2, 0.25) is 5.02 Å². The fourth-order valence-corrected chi connectivity index (χ4v) is 2.03. The minimum Gasteiger partial charge on any atom is -0.495 e. The van der Waals surface area contributed by atoms with Crippen molar-refractivity contribution >= 4 is 11.6 Å². The van der Waals surface area contributed by atoms with Crippen LogP contribution in [-0.2, 0) is 13.5 Å². The molecule has 92 valence electrons. The smallest absolute Gasteiger partial charge is 0.140 e. The molecule has 0 atom stereocenters. The molecule has 1 aromatic carbocycles.